The van der Waals surface area contributed by atoms with Gasteiger partial charge in [-0.1, -0.05) is 18.2 Å². The number of rotatable bonds is 3. The van der Waals surface area contributed by atoms with Crippen molar-refractivity contribution in [3.8, 4) is 0 Å². The van der Waals surface area contributed by atoms with Gasteiger partial charge in [0.05, 0.1) is 16.5 Å². The number of benzene rings is 1. The Labute approximate surface area is 123 Å². The number of hydrogen-bond acceptors (Lipinski definition) is 4. The summed E-state index contributed by atoms with van der Waals surface area (Å²) in [4.78, 5) is 17.1. The molecule has 1 aliphatic rings. The molecule has 2 aromatic rings. The quantitative estimate of drug-likeness (QED) is 0.817. The SMILES string of the molecule is CS(=O)(=O)c1cccc(C(=O)C2CCc3cccnc32)c1. The van der Waals surface area contributed by atoms with Crippen molar-refractivity contribution in [2.75, 3.05) is 6.26 Å². The van der Waals surface area contributed by atoms with Gasteiger partial charge in [-0.3, -0.25) is 9.78 Å². The topological polar surface area (TPSA) is 64.1 Å². The van der Waals surface area contributed by atoms with Crippen LogP contribution in [0.2, 0.25) is 0 Å². The first-order valence-electron chi connectivity index (χ1n) is 6.75. The van der Waals surface area contributed by atoms with Crippen molar-refractivity contribution < 1.29 is 13.2 Å². The third-order valence-electron chi connectivity index (χ3n) is 3.82. The van der Waals surface area contributed by atoms with Crippen LogP contribution in [0.1, 0.15) is 34.0 Å². The molecule has 0 amide bonds. The summed E-state index contributed by atoms with van der Waals surface area (Å²) >= 11 is 0. The van der Waals surface area contributed by atoms with E-state index in [1.165, 1.54) is 12.1 Å². The predicted octanol–water partition coefficient (Wildman–Crippen LogP) is 2.40. The Morgan fingerprint density at radius 1 is 1.24 bits per heavy atom. The molecule has 0 spiro atoms. The van der Waals surface area contributed by atoms with Gasteiger partial charge >= 0.3 is 0 Å². The van der Waals surface area contributed by atoms with Crippen LogP contribution in [0.15, 0.2) is 47.5 Å². The number of ketones is 1. The second-order valence-electron chi connectivity index (χ2n) is 5.30. The summed E-state index contributed by atoms with van der Waals surface area (Å²) in [5.41, 5.74) is 2.36. The molecule has 1 aromatic heterocycles. The standard InChI is InChI=1S/C16H15NO3S/c1-21(19,20)13-6-2-4-12(10-13)16(18)14-8-7-11-5-3-9-17-15(11)14/h2-6,9-10,14H,7-8H2,1H3. The molecule has 1 aromatic carbocycles. The number of aromatic nitrogens is 1. The van der Waals surface area contributed by atoms with Gasteiger partial charge in [0, 0.05) is 18.0 Å². The van der Waals surface area contributed by atoms with Gasteiger partial charge in [-0.25, -0.2) is 8.42 Å². The molecule has 5 heteroatoms. The molecule has 4 nitrogen and oxygen atoms in total. The number of fused-ring (bicyclic) bond motifs is 1. The second kappa shape index (κ2) is 5.07. The Morgan fingerprint density at radius 2 is 2.05 bits per heavy atom. The zero-order valence-electron chi connectivity index (χ0n) is 11.6. The van der Waals surface area contributed by atoms with Gasteiger partial charge in [-0.15, -0.1) is 0 Å². The third-order valence-corrected chi connectivity index (χ3v) is 4.93. The van der Waals surface area contributed by atoms with Crippen LogP contribution in [-0.2, 0) is 16.3 Å². The first kappa shape index (κ1) is 13.9. The number of Topliss-reactive ketones (excluding diaryl/α,β-unsaturated/α-hetero) is 1. The number of pyridine rings is 1. The van der Waals surface area contributed by atoms with Gasteiger partial charge in [-0.2, -0.15) is 0 Å². The van der Waals surface area contributed by atoms with Gasteiger partial charge < -0.3 is 0 Å². The molecular weight excluding hydrogens is 286 g/mol. The lowest BCUT2D eigenvalue weighted by Gasteiger charge is -2.10. The van der Waals surface area contributed by atoms with Crippen molar-refractivity contribution in [2.24, 2.45) is 0 Å². The van der Waals surface area contributed by atoms with Crippen LogP contribution in [0.5, 0.6) is 0 Å². The molecule has 0 saturated carbocycles. The van der Waals surface area contributed by atoms with Gasteiger partial charge in [-0.05, 0) is 36.6 Å². The first-order valence-corrected chi connectivity index (χ1v) is 8.64. The smallest absolute Gasteiger partial charge is 0.175 e. The van der Waals surface area contributed by atoms with E-state index in [0.29, 0.717) is 5.56 Å². The monoisotopic (exact) mass is 301 g/mol. The summed E-state index contributed by atoms with van der Waals surface area (Å²) < 4.78 is 23.2. The van der Waals surface area contributed by atoms with E-state index >= 15 is 0 Å². The fraction of sp³-hybridized carbons (Fsp3) is 0.250. The lowest BCUT2D eigenvalue weighted by Crippen LogP contribution is -2.12. The van der Waals surface area contributed by atoms with Crippen LogP contribution < -0.4 is 0 Å². The Balaban J connectivity index is 1.98. The van der Waals surface area contributed by atoms with Crippen LogP contribution >= 0.6 is 0 Å². The Bertz CT molecular complexity index is 812. The van der Waals surface area contributed by atoms with Crippen molar-refractivity contribution in [3.05, 3.63) is 59.4 Å². The second-order valence-corrected chi connectivity index (χ2v) is 7.32. The van der Waals surface area contributed by atoms with E-state index in [4.69, 9.17) is 0 Å². The summed E-state index contributed by atoms with van der Waals surface area (Å²) in [6, 6.07) is 10.1. The molecule has 1 unspecified atom stereocenters. The van der Waals surface area contributed by atoms with Gasteiger partial charge in [0.1, 0.15) is 0 Å². The Morgan fingerprint density at radius 3 is 2.81 bits per heavy atom. The van der Waals surface area contributed by atoms with Crippen LogP contribution in [0.4, 0.5) is 0 Å². The summed E-state index contributed by atoms with van der Waals surface area (Å²) in [5.74, 6) is -0.325. The minimum Gasteiger partial charge on any atom is -0.293 e. The number of carbonyl (C=O) groups excluding carboxylic acids is 1. The molecule has 0 N–H and O–H groups in total. The van der Waals surface area contributed by atoms with Crippen LogP contribution in [0, 0.1) is 0 Å². The van der Waals surface area contributed by atoms with Crippen molar-refractivity contribution in [1.29, 1.82) is 0 Å². The Kier molecular flexibility index (Phi) is 3.37. The summed E-state index contributed by atoms with van der Waals surface area (Å²) in [5, 5.41) is 0. The molecule has 21 heavy (non-hydrogen) atoms. The average Bonchev–Trinajstić information content (AvgIpc) is 2.90. The first-order chi connectivity index (χ1) is 9.97. The fourth-order valence-electron chi connectivity index (χ4n) is 2.75. The lowest BCUT2D eigenvalue weighted by atomic mass is 9.95. The minimum atomic E-state index is -3.31. The molecule has 1 atom stereocenters. The van der Waals surface area contributed by atoms with Crippen molar-refractivity contribution in [3.63, 3.8) is 0 Å². The maximum Gasteiger partial charge on any atom is 0.175 e. The molecular formula is C16H15NO3S. The summed E-state index contributed by atoms with van der Waals surface area (Å²) in [6.45, 7) is 0. The molecule has 0 saturated heterocycles. The largest absolute Gasteiger partial charge is 0.293 e. The molecule has 0 aliphatic heterocycles. The normalized spacial score (nSPS) is 17.5. The van der Waals surface area contributed by atoms with E-state index in [1.54, 1.807) is 18.3 Å². The molecule has 0 radical (unpaired) electrons. The third kappa shape index (κ3) is 2.61. The molecule has 3 rings (SSSR count). The molecule has 0 bridgehead atoms. The van der Waals surface area contributed by atoms with Crippen LogP contribution in [0.25, 0.3) is 0 Å². The van der Waals surface area contributed by atoms with E-state index < -0.39 is 9.84 Å². The fourth-order valence-corrected chi connectivity index (χ4v) is 3.42. The van der Waals surface area contributed by atoms with Crippen LogP contribution in [0.3, 0.4) is 0 Å². The van der Waals surface area contributed by atoms with Crippen molar-refractivity contribution >= 4 is 15.6 Å². The van der Waals surface area contributed by atoms with Gasteiger partial charge in [0.2, 0.25) is 0 Å². The number of hydrogen-bond donors (Lipinski definition) is 0. The van der Waals surface area contributed by atoms with E-state index in [1.807, 2.05) is 12.1 Å². The zero-order valence-corrected chi connectivity index (χ0v) is 12.4. The zero-order chi connectivity index (χ0) is 15.0. The maximum absolute atomic E-state index is 12.7. The number of sulfone groups is 1. The minimum absolute atomic E-state index is 0.0575. The number of aryl methyl sites for hydroxylation is 1. The van der Waals surface area contributed by atoms with Gasteiger partial charge in [0.25, 0.3) is 0 Å². The lowest BCUT2D eigenvalue weighted by molar-refractivity contribution is 0.0958. The highest BCUT2D eigenvalue weighted by molar-refractivity contribution is 7.90. The van der Waals surface area contributed by atoms with E-state index in [2.05, 4.69) is 4.98 Å². The molecule has 108 valence electrons. The highest BCUT2D eigenvalue weighted by Crippen LogP contribution is 2.34. The maximum atomic E-state index is 12.7. The number of carbonyl (C=O) groups is 1. The highest BCUT2D eigenvalue weighted by Gasteiger charge is 2.30. The summed E-state index contributed by atoms with van der Waals surface area (Å²) in [7, 11) is -3.31. The molecule has 0 fully saturated rings. The Hall–Kier alpha value is -2.01. The highest BCUT2D eigenvalue weighted by atomic mass is 32.2. The molecule has 1 aliphatic carbocycles. The van der Waals surface area contributed by atoms with Gasteiger partial charge in [0.15, 0.2) is 15.6 Å². The summed E-state index contributed by atoms with van der Waals surface area (Å²) in [6.07, 6.45) is 4.40. The molecule has 1 heterocycles. The predicted molar refractivity (Wildman–Crippen MR) is 79.2 cm³/mol. The van der Waals surface area contributed by atoms with Crippen molar-refractivity contribution in [1.82, 2.24) is 4.98 Å². The van der Waals surface area contributed by atoms with E-state index in [0.717, 1.165) is 30.4 Å². The van der Waals surface area contributed by atoms with Crippen LogP contribution in [-0.4, -0.2) is 25.4 Å². The van der Waals surface area contributed by atoms with E-state index in [9.17, 15) is 13.2 Å². The van der Waals surface area contributed by atoms with Crippen molar-refractivity contribution in [2.45, 2.75) is 23.7 Å². The van der Waals surface area contributed by atoms with E-state index in [-0.39, 0.29) is 16.6 Å². The number of nitrogens with zero attached hydrogens (tertiary/aromatic N) is 1. The average molecular weight is 301 g/mol.